The van der Waals surface area contributed by atoms with Crippen molar-refractivity contribution in [3.05, 3.63) is 59.7 Å². The van der Waals surface area contributed by atoms with Crippen molar-refractivity contribution < 1.29 is 33.0 Å². The molecule has 2 amide bonds. The Morgan fingerprint density at radius 3 is 2.24 bits per heavy atom. The number of hydrogen-bond donors (Lipinski definition) is 3. The molecule has 0 unspecified atom stereocenters. The molecule has 0 aliphatic heterocycles. The smallest absolute Gasteiger partial charge is 0.407 e. The molecule has 7 nitrogen and oxygen atoms in total. The molecule has 9 heteroatoms. The van der Waals surface area contributed by atoms with Gasteiger partial charge in [-0.1, -0.05) is 48.5 Å². The van der Waals surface area contributed by atoms with E-state index in [-0.39, 0.29) is 24.9 Å². The lowest BCUT2D eigenvalue weighted by Crippen LogP contribution is -2.51. The van der Waals surface area contributed by atoms with Crippen molar-refractivity contribution in [2.45, 2.75) is 37.1 Å². The third-order valence-corrected chi connectivity index (χ3v) is 7.30. The van der Waals surface area contributed by atoms with Gasteiger partial charge in [-0.3, -0.25) is 9.59 Å². The summed E-state index contributed by atoms with van der Waals surface area (Å²) in [5.74, 6) is -6.62. The number of aliphatic carboxylic acids is 1. The molecule has 0 saturated heterocycles. The quantitative estimate of drug-likeness (QED) is 0.574. The van der Waals surface area contributed by atoms with Gasteiger partial charge in [0.25, 0.3) is 5.91 Å². The number of carboxylic acids is 1. The van der Waals surface area contributed by atoms with Crippen LogP contribution in [0.4, 0.5) is 13.6 Å². The lowest BCUT2D eigenvalue weighted by atomic mass is 9.98. The minimum Gasteiger partial charge on any atom is -0.481 e. The zero-order valence-electron chi connectivity index (χ0n) is 18.2. The summed E-state index contributed by atoms with van der Waals surface area (Å²) in [5, 5.41) is 13.5. The van der Waals surface area contributed by atoms with Crippen LogP contribution in [0.3, 0.4) is 0 Å². The minimum absolute atomic E-state index is 0.0294. The molecule has 0 heterocycles. The largest absolute Gasteiger partial charge is 0.481 e. The number of amides is 2. The van der Waals surface area contributed by atoms with Gasteiger partial charge >= 0.3 is 18.0 Å². The van der Waals surface area contributed by atoms with Crippen LogP contribution < -0.4 is 10.6 Å². The molecule has 0 radical (unpaired) electrons. The number of rotatable bonds is 7. The average molecular weight is 470 g/mol. The summed E-state index contributed by atoms with van der Waals surface area (Å²) in [7, 11) is 0. The fraction of sp³-hybridized carbons (Fsp3) is 0.400. The molecule has 3 atom stereocenters. The Morgan fingerprint density at radius 1 is 1.03 bits per heavy atom. The lowest BCUT2D eigenvalue weighted by molar-refractivity contribution is -0.147. The van der Waals surface area contributed by atoms with Gasteiger partial charge in [0, 0.05) is 12.0 Å². The second kappa shape index (κ2) is 8.07. The number of nitrogens with one attached hydrogen (secondary N) is 2. The number of fused-ring (bicyclic) bond motifs is 4. The van der Waals surface area contributed by atoms with Crippen molar-refractivity contribution in [3.63, 3.8) is 0 Å². The zero-order chi connectivity index (χ0) is 24.1. The predicted octanol–water partition coefficient (Wildman–Crippen LogP) is 3.53. The average Bonchev–Trinajstić information content (AvgIpc) is 3.25. The van der Waals surface area contributed by atoms with Gasteiger partial charge < -0.3 is 20.5 Å². The summed E-state index contributed by atoms with van der Waals surface area (Å²) < 4.78 is 33.9. The van der Waals surface area contributed by atoms with Gasteiger partial charge in [0.1, 0.15) is 6.61 Å². The van der Waals surface area contributed by atoms with Crippen molar-refractivity contribution in [1.82, 2.24) is 10.6 Å². The van der Waals surface area contributed by atoms with Crippen LogP contribution in [0.2, 0.25) is 0 Å². The zero-order valence-corrected chi connectivity index (χ0v) is 18.2. The molecule has 34 heavy (non-hydrogen) atoms. The first kappa shape index (κ1) is 22.3. The van der Waals surface area contributed by atoms with Crippen molar-refractivity contribution in [2.24, 2.45) is 11.3 Å². The van der Waals surface area contributed by atoms with Gasteiger partial charge in [0.05, 0.1) is 12.0 Å². The van der Waals surface area contributed by atoms with Crippen molar-refractivity contribution in [3.8, 4) is 11.1 Å². The van der Waals surface area contributed by atoms with E-state index in [0.717, 1.165) is 22.3 Å². The fourth-order valence-electron chi connectivity index (χ4n) is 5.47. The molecule has 3 N–H and O–H groups in total. The fourth-order valence-corrected chi connectivity index (χ4v) is 5.47. The van der Waals surface area contributed by atoms with E-state index in [4.69, 9.17) is 4.74 Å². The number of benzene rings is 2. The van der Waals surface area contributed by atoms with Crippen molar-refractivity contribution in [1.29, 1.82) is 0 Å². The third kappa shape index (κ3) is 3.78. The number of halogens is 2. The molecule has 3 aliphatic rings. The summed E-state index contributed by atoms with van der Waals surface area (Å²) in [4.78, 5) is 35.6. The number of ether oxygens (including phenoxy) is 1. The van der Waals surface area contributed by atoms with Crippen molar-refractivity contribution >= 4 is 18.0 Å². The van der Waals surface area contributed by atoms with E-state index in [1.54, 1.807) is 0 Å². The highest BCUT2D eigenvalue weighted by Crippen LogP contribution is 2.63. The SMILES string of the molecule is O=C(NCC(F)(F)C(=O)N[C@@H]1C[C@H]2C[C@@]2(C(=O)O)C1)OCC1c2ccccc2-c2ccccc21. The molecule has 0 spiro atoms. The first-order chi connectivity index (χ1) is 16.2. The first-order valence-corrected chi connectivity index (χ1v) is 11.2. The Balaban J connectivity index is 1.13. The van der Waals surface area contributed by atoms with Crippen LogP contribution in [-0.4, -0.2) is 48.2 Å². The predicted molar refractivity (Wildman–Crippen MR) is 117 cm³/mol. The normalized spacial score (nSPS) is 24.5. The molecular formula is C25H24F2N2O5. The molecule has 2 aromatic carbocycles. The van der Waals surface area contributed by atoms with Crippen LogP contribution in [0.15, 0.2) is 48.5 Å². The second-order valence-electron chi connectivity index (χ2n) is 9.36. The number of hydrogen-bond acceptors (Lipinski definition) is 4. The van der Waals surface area contributed by atoms with Crippen LogP contribution in [0, 0.1) is 11.3 Å². The third-order valence-electron chi connectivity index (χ3n) is 7.30. The highest BCUT2D eigenvalue weighted by molar-refractivity contribution is 5.85. The Labute approximate surface area is 194 Å². The van der Waals surface area contributed by atoms with E-state index in [1.807, 2.05) is 53.8 Å². The van der Waals surface area contributed by atoms with Gasteiger partial charge in [-0.25, -0.2) is 4.79 Å². The van der Waals surface area contributed by atoms with E-state index in [0.29, 0.717) is 12.8 Å². The molecule has 2 saturated carbocycles. The lowest BCUT2D eigenvalue weighted by Gasteiger charge is -2.21. The number of carboxylic acid groups (broad SMARTS) is 1. The van der Waals surface area contributed by atoms with Crippen LogP contribution in [0.25, 0.3) is 11.1 Å². The first-order valence-electron chi connectivity index (χ1n) is 11.2. The molecular weight excluding hydrogens is 446 g/mol. The second-order valence-corrected chi connectivity index (χ2v) is 9.36. The molecule has 2 aromatic rings. The molecule has 2 fully saturated rings. The monoisotopic (exact) mass is 470 g/mol. The summed E-state index contributed by atoms with van der Waals surface area (Å²) in [5.41, 5.74) is 3.20. The van der Waals surface area contributed by atoms with Gasteiger partial charge in [-0.05, 0) is 47.4 Å². The molecule has 5 rings (SSSR count). The molecule has 0 bridgehead atoms. The van der Waals surface area contributed by atoms with Gasteiger partial charge in [-0.15, -0.1) is 0 Å². The standard InChI is InChI=1S/C25H24F2N2O5/c26-25(27,21(30)29-15-9-14-10-24(14,11-15)22(31)32)13-28-23(33)34-12-20-18-7-3-1-5-16(18)17-6-2-4-8-19(17)20/h1-8,14-15,20H,9-13H2,(H,28,33)(H,29,30)(H,31,32)/t14-,15+,24+/m0/s1. The Hall–Kier alpha value is -3.49. The minimum atomic E-state index is -3.85. The van der Waals surface area contributed by atoms with E-state index in [1.165, 1.54) is 0 Å². The van der Waals surface area contributed by atoms with Crippen LogP contribution in [0.5, 0.6) is 0 Å². The maximum Gasteiger partial charge on any atom is 0.407 e. The Bertz CT molecular complexity index is 1120. The topological polar surface area (TPSA) is 105 Å². The number of alkyl halides is 2. The summed E-state index contributed by atoms with van der Waals surface area (Å²) in [6.07, 6.45) is -0.00180. The van der Waals surface area contributed by atoms with Crippen LogP contribution >= 0.6 is 0 Å². The number of carbonyl (C=O) groups is 3. The highest BCUT2D eigenvalue weighted by atomic mass is 19.3. The summed E-state index contributed by atoms with van der Waals surface area (Å²) in [6.45, 7) is -1.24. The van der Waals surface area contributed by atoms with E-state index < -0.39 is 41.9 Å². The molecule has 0 aromatic heterocycles. The van der Waals surface area contributed by atoms with E-state index in [9.17, 15) is 28.3 Å². The van der Waals surface area contributed by atoms with Gasteiger partial charge in [-0.2, -0.15) is 8.78 Å². The Morgan fingerprint density at radius 2 is 1.65 bits per heavy atom. The van der Waals surface area contributed by atoms with Crippen LogP contribution in [-0.2, 0) is 14.3 Å². The molecule has 3 aliphatic carbocycles. The van der Waals surface area contributed by atoms with Gasteiger partial charge in [0.2, 0.25) is 0 Å². The van der Waals surface area contributed by atoms with E-state index >= 15 is 0 Å². The highest BCUT2D eigenvalue weighted by Gasteiger charge is 2.65. The Kier molecular flexibility index (Phi) is 5.30. The van der Waals surface area contributed by atoms with Gasteiger partial charge in [0.15, 0.2) is 0 Å². The number of carbonyl (C=O) groups excluding carboxylic acids is 2. The van der Waals surface area contributed by atoms with Crippen LogP contribution in [0.1, 0.15) is 36.3 Å². The maximum absolute atomic E-state index is 14.3. The molecule has 178 valence electrons. The summed E-state index contributed by atoms with van der Waals surface area (Å²) in [6, 6.07) is 14.9. The summed E-state index contributed by atoms with van der Waals surface area (Å²) >= 11 is 0. The maximum atomic E-state index is 14.3. The van der Waals surface area contributed by atoms with Crippen molar-refractivity contribution in [2.75, 3.05) is 13.2 Å². The van der Waals surface area contributed by atoms with E-state index in [2.05, 4.69) is 5.32 Å². The number of alkyl carbamates (subject to hydrolysis) is 1.